The van der Waals surface area contributed by atoms with Crippen molar-refractivity contribution in [1.29, 1.82) is 0 Å². The molecule has 0 aromatic rings. The Kier molecular flexibility index (Phi) is 3.55. The topological polar surface area (TPSA) is 38.5 Å². The number of thioether (sulfide) groups is 1. The molecule has 2 heterocycles. The van der Waals surface area contributed by atoms with E-state index in [-0.39, 0.29) is 11.1 Å². The summed E-state index contributed by atoms with van der Waals surface area (Å²) in [5.41, 5.74) is 6.28. The van der Waals surface area contributed by atoms with Crippen molar-refractivity contribution in [2.75, 3.05) is 32.0 Å². The highest BCUT2D eigenvalue weighted by atomic mass is 32.2. The van der Waals surface area contributed by atoms with Crippen LogP contribution in [0.25, 0.3) is 0 Å². The summed E-state index contributed by atoms with van der Waals surface area (Å²) in [6, 6.07) is 0. The quantitative estimate of drug-likeness (QED) is 0.795. The molecule has 0 saturated carbocycles. The van der Waals surface area contributed by atoms with E-state index in [0.29, 0.717) is 5.25 Å². The lowest BCUT2D eigenvalue weighted by Gasteiger charge is -2.49. The number of morpholine rings is 1. The van der Waals surface area contributed by atoms with Gasteiger partial charge >= 0.3 is 0 Å². The normalized spacial score (nSPS) is 40.1. The Morgan fingerprint density at radius 1 is 1.50 bits per heavy atom. The van der Waals surface area contributed by atoms with Crippen molar-refractivity contribution < 1.29 is 4.74 Å². The Hall–Kier alpha value is 0.230. The van der Waals surface area contributed by atoms with Crippen molar-refractivity contribution in [3.05, 3.63) is 0 Å². The van der Waals surface area contributed by atoms with Crippen LogP contribution in [0.5, 0.6) is 0 Å². The van der Waals surface area contributed by atoms with Crippen LogP contribution in [-0.2, 0) is 4.74 Å². The average molecular weight is 244 g/mol. The fourth-order valence-corrected chi connectivity index (χ4v) is 4.48. The molecule has 0 aromatic heterocycles. The first kappa shape index (κ1) is 12.7. The van der Waals surface area contributed by atoms with Gasteiger partial charge in [-0.15, -0.1) is 0 Å². The van der Waals surface area contributed by atoms with Crippen molar-refractivity contribution in [3.63, 3.8) is 0 Å². The van der Waals surface area contributed by atoms with E-state index in [1.165, 1.54) is 12.2 Å². The second kappa shape index (κ2) is 4.48. The molecule has 0 radical (unpaired) electrons. The lowest BCUT2D eigenvalue weighted by atomic mass is 9.88. The van der Waals surface area contributed by atoms with E-state index < -0.39 is 0 Å². The van der Waals surface area contributed by atoms with E-state index in [1.54, 1.807) is 0 Å². The molecule has 16 heavy (non-hydrogen) atoms. The SMILES string of the molecule is CC1SCCC1(CN)N1CCOC(C)(C)C1. The van der Waals surface area contributed by atoms with Crippen LogP contribution in [-0.4, -0.2) is 53.3 Å². The van der Waals surface area contributed by atoms with E-state index in [2.05, 4.69) is 37.4 Å². The van der Waals surface area contributed by atoms with Crippen LogP contribution >= 0.6 is 11.8 Å². The maximum atomic E-state index is 6.08. The van der Waals surface area contributed by atoms with E-state index in [1.807, 2.05) is 0 Å². The number of nitrogens with zero attached hydrogens (tertiary/aromatic N) is 1. The molecular weight excluding hydrogens is 220 g/mol. The zero-order valence-corrected chi connectivity index (χ0v) is 11.5. The van der Waals surface area contributed by atoms with Gasteiger partial charge in [0.1, 0.15) is 0 Å². The number of hydrogen-bond donors (Lipinski definition) is 1. The van der Waals surface area contributed by atoms with Crippen LogP contribution in [0.3, 0.4) is 0 Å². The summed E-state index contributed by atoms with van der Waals surface area (Å²) in [5, 5.41) is 0.645. The standard InChI is InChI=1S/C12H24N2OS/c1-10-12(8-13,4-7-16-10)14-5-6-15-11(2,3)9-14/h10H,4-9,13H2,1-3H3. The van der Waals surface area contributed by atoms with Gasteiger partial charge in [-0.2, -0.15) is 11.8 Å². The van der Waals surface area contributed by atoms with Gasteiger partial charge in [-0.1, -0.05) is 6.92 Å². The third-order valence-corrected chi connectivity index (χ3v) is 5.45. The van der Waals surface area contributed by atoms with Gasteiger partial charge in [0.15, 0.2) is 0 Å². The van der Waals surface area contributed by atoms with Gasteiger partial charge in [-0.05, 0) is 26.0 Å². The minimum Gasteiger partial charge on any atom is -0.373 e. The van der Waals surface area contributed by atoms with Crippen LogP contribution in [0.1, 0.15) is 27.2 Å². The van der Waals surface area contributed by atoms with Crippen molar-refractivity contribution >= 4 is 11.8 Å². The third-order valence-electron chi connectivity index (χ3n) is 4.07. The van der Waals surface area contributed by atoms with Gasteiger partial charge in [-0.3, -0.25) is 4.90 Å². The van der Waals surface area contributed by atoms with Crippen molar-refractivity contribution in [2.45, 2.75) is 43.6 Å². The predicted molar refractivity (Wildman–Crippen MR) is 69.9 cm³/mol. The van der Waals surface area contributed by atoms with Gasteiger partial charge in [0.25, 0.3) is 0 Å². The highest BCUT2D eigenvalue weighted by molar-refractivity contribution is 8.00. The van der Waals surface area contributed by atoms with Crippen molar-refractivity contribution in [2.24, 2.45) is 5.73 Å². The second-order valence-electron chi connectivity index (χ2n) is 5.60. The fraction of sp³-hybridized carbons (Fsp3) is 1.00. The smallest absolute Gasteiger partial charge is 0.0753 e. The lowest BCUT2D eigenvalue weighted by Crippen LogP contribution is -2.63. The molecule has 2 saturated heterocycles. The molecule has 2 atom stereocenters. The Morgan fingerprint density at radius 2 is 2.25 bits per heavy atom. The summed E-state index contributed by atoms with van der Waals surface area (Å²) in [6.07, 6.45) is 1.23. The summed E-state index contributed by atoms with van der Waals surface area (Å²) < 4.78 is 5.79. The first-order chi connectivity index (χ1) is 7.50. The highest BCUT2D eigenvalue weighted by Gasteiger charge is 2.47. The summed E-state index contributed by atoms with van der Waals surface area (Å²) >= 11 is 2.06. The van der Waals surface area contributed by atoms with Gasteiger partial charge in [0.05, 0.1) is 12.2 Å². The zero-order valence-electron chi connectivity index (χ0n) is 10.7. The number of hydrogen-bond acceptors (Lipinski definition) is 4. The lowest BCUT2D eigenvalue weighted by molar-refractivity contribution is -0.114. The number of ether oxygens (including phenoxy) is 1. The van der Waals surface area contributed by atoms with E-state index in [4.69, 9.17) is 10.5 Å². The molecule has 2 fully saturated rings. The highest BCUT2D eigenvalue weighted by Crippen LogP contribution is 2.41. The minimum atomic E-state index is -0.0204. The summed E-state index contributed by atoms with van der Waals surface area (Å²) in [7, 11) is 0. The van der Waals surface area contributed by atoms with Crippen LogP contribution in [0, 0.1) is 0 Å². The second-order valence-corrected chi connectivity index (χ2v) is 7.05. The fourth-order valence-electron chi connectivity index (χ4n) is 2.98. The summed E-state index contributed by atoms with van der Waals surface area (Å²) in [4.78, 5) is 2.58. The maximum absolute atomic E-state index is 6.08. The largest absolute Gasteiger partial charge is 0.373 e. The molecular formula is C12H24N2OS. The molecule has 0 aromatic carbocycles. The third kappa shape index (κ3) is 2.13. The van der Waals surface area contributed by atoms with E-state index >= 15 is 0 Å². The summed E-state index contributed by atoms with van der Waals surface area (Å²) in [6.45, 7) is 10.3. The Bertz CT molecular complexity index is 259. The van der Waals surface area contributed by atoms with Gasteiger partial charge in [0, 0.05) is 30.4 Å². The van der Waals surface area contributed by atoms with E-state index in [0.717, 1.165) is 26.2 Å². The maximum Gasteiger partial charge on any atom is 0.0753 e. The molecule has 2 rings (SSSR count). The molecule has 2 N–H and O–H groups in total. The molecule has 94 valence electrons. The predicted octanol–water partition coefficient (Wildman–Crippen LogP) is 1.32. The number of rotatable bonds is 2. The average Bonchev–Trinajstić information content (AvgIpc) is 2.59. The van der Waals surface area contributed by atoms with Gasteiger partial charge < -0.3 is 10.5 Å². The molecule has 0 aliphatic carbocycles. The molecule has 0 amide bonds. The van der Waals surface area contributed by atoms with Crippen molar-refractivity contribution in [3.8, 4) is 0 Å². The van der Waals surface area contributed by atoms with Crippen molar-refractivity contribution in [1.82, 2.24) is 4.90 Å². The molecule has 2 aliphatic rings. The first-order valence-electron chi connectivity index (χ1n) is 6.21. The summed E-state index contributed by atoms with van der Waals surface area (Å²) in [5.74, 6) is 1.25. The molecule has 2 aliphatic heterocycles. The Morgan fingerprint density at radius 3 is 2.75 bits per heavy atom. The molecule has 0 bridgehead atoms. The van der Waals surface area contributed by atoms with Gasteiger partial charge in [0.2, 0.25) is 0 Å². The Balaban J connectivity index is 2.15. The molecule has 0 spiro atoms. The first-order valence-corrected chi connectivity index (χ1v) is 7.26. The monoisotopic (exact) mass is 244 g/mol. The van der Waals surface area contributed by atoms with Crippen LogP contribution in [0.15, 0.2) is 0 Å². The van der Waals surface area contributed by atoms with Crippen LogP contribution in [0.4, 0.5) is 0 Å². The van der Waals surface area contributed by atoms with Crippen LogP contribution < -0.4 is 5.73 Å². The van der Waals surface area contributed by atoms with Gasteiger partial charge in [-0.25, -0.2) is 0 Å². The van der Waals surface area contributed by atoms with Crippen LogP contribution in [0.2, 0.25) is 0 Å². The molecule has 3 nitrogen and oxygen atoms in total. The molecule has 2 unspecified atom stereocenters. The number of nitrogens with two attached hydrogens (primary N) is 1. The minimum absolute atomic E-state index is 0.0204. The molecule has 4 heteroatoms. The Labute approximate surface area is 103 Å². The zero-order chi connectivity index (χ0) is 11.8. The van der Waals surface area contributed by atoms with E-state index in [9.17, 15) is 0 Å².